The van der Waals surface area contributed by atoms with Crippen LogP contribution in [-0.4, -0.2) is 35.7 Å². The topological polar surface area (TPSA) is 69.7 Å². The fraction of sp³-hybridized carbons (Fsp3) is 0.348. The molecule has 2 aliphatic rings. The number of fused-ring (bicyclic) bond motifs is 1. The average Bonchev–Trinajstić information content (AvgIpc) is 3.21. The molecule has 1 unspecified atom stereocenters. The number of hydrogen-bond acceptors (Lipinski definition) is 3. The van der Waals surface area contributed by atoms with Gasteiger partial charge in [0.05, 0.1) is 17.4 Å². The number of nitrogens with one attached hydrogen (secondary N) is 1. The second-order valence-corrected chi connectivity index (χ2v) is 7.70. The van der Waals surface area contributed by atoms with Crippen LogP contribution in [0.2, 0.25) is 0 Å². The Kier molecular flexibility index (Phi) is 5.34. The number of aryl methyl sites for hydroxylation is 1. The third kappa shape index (κ3) is 4.01. The molecule has 150 valence electrons. The van der Waals surface area contributed by atoms with Gasteiger partial charge in [0, 0.05) is 19.4 Å². The smallest absolute Gasteiger partial charge is 0.244 e. The van der Waals surface area contributed by atoms with Gasteiger partial charge in [0.1, 0.15) is 6.54 Å². The number of amides is 3. The summed E-state index contributed by atoms with van der Waals surface area (Å²) >= 11 is 0. The zero-order chi connectivity index (χ0) is 20.4. The number of likely N-dealkylation sites (tertiary alicyclic amines) is 1. The normalized spacial score (nSPS) is 18.4. The highest BCUT2D eigenvalue weighted by molar-refractivity contribution is 6.10. The number of anilines is 2. The van der Waals surface area contributed by atoms with E-state index in [1.54, 1.807) is 6.07 Å². The Balaban J connectivity index is 1.41. The van der Waals surface area contributed by atoms with Crippen LogP contribution in [0.4, 0.5) is 11.4 Å². The number of benzene rings is 2. The van der Waals surface area contributed by atoms with E-state index in [-0.39, 0.29) is 43.1 Å². The first-order valence-corrected chi connectivity index (χ1v) is 10.1. The summed E-state index contributed by atoms with van der Waals surface area (Å²) in [7, 11) is 0. The van der Waals surface area contributed by atoms with Gasteiger partial charge in [-0.2, -0.15) is 0 Å². The standard InChI is InChI=1S/C23H25N3O3/c1-16-8-10-17(11-9-16)19-7-4-14-25(19)22(28)12-13-23(29)26-15-21(27)24-18-5-2-3-6-20(18)26/h2-3,5-6,8-11,19H,4,7,12-15H2,1H3,(H,24,27). The van der Waals surface area contributed by atoms with Crippen molar-refractivity contribution in [3.63, 3.8) is 0 Å². The fourth-order valence-electron chi connectivity index (χ4n) is 4.15. The molecule has 0 bridgehead atoms. The molecule has 1 atom stereocenters. The van der Waals surface area contributed by atoms with Gasteiger partial charge in [-0.25, -0.2) is 0 Å². The number of para-hydroxylation sites is 2. The van der Waals surface area contributed by atoms with Crippen molar-refractivity contribution >= 4 is 29.1 Å². The fourth-order valence-corrected chi connectivity index (χ4v) is 4.15. The molecule has 29 heavy (non-hydrogen) atoms. The maximum Gasteiger partial charge on any atom is 0.244 e. The number of rotatable bonds is 4. The molecule has 6 heteroatoms. The van der Waals surface area contributed by atoms with Crippen molar-refractivity contribution in [3.05, 3.63) is 59.7 Å². The van der Waals surface area contributed by atoms with Crippen LogP contribution in [0.1, 0.15) is 42.9 Å². The SMILES string of the molecule is Cc1ccc(C2CCCN2C(=O)CCC(=O)N2CC(=O)Nc3ccccc32)cc1. The quantitative estimate of drug-likeness (QED) is 0.868. The largest absolute Gasteiger partial charge is 0.336 e. The van der Waals surface area contributed by atoms with Gasteiger partial charge in [-0.05, 0) is 37.5 Å². The summed E-state index contributed by atoms with van der Waals surface area (Å²) in [5, 5.41) is 2.77. The summed E-state index contributed by atoms with van der Waals surface area (Å²) in [5.74, 6) is -0.426. The molecular weight excluding hydrogens is 366 g/mol. The van der Waals surface area contributed by atoms with Gasteiger partial charge >= 0.3 is 0 Å². The number of nitrogens with zero attached hydrogens (tertiary/aromatic N) is 2. The first-order valence-electron chi connectivity index (χ1n) is 10.1. The molecule has 0 spiro atoms. The lowest BCUT2D eigenvalue weighted by atomic mass is 10.0. The van der Waals surface area contributed by atoms with E-state index in [0.717, 1.165) is 24.9 Å². The minimum Gasteiger partial charge on any atom is -0.336 e. The molecule has 0 radical (unpaired) electrons. The maximum absolute atomic E-state index is 12.9. The monoisotopic (exact) mass is 391 g/mol. The highest BCUT2D eigenvalue weighted by atomic mass is 16.2. The molecule has 2 aromatic rings. The number of carbonyl (C=O) groups is 3. The van der Waals surface area contributed by atoms with E-state index in [2.05, 4.69) is 29.6 Å². The second kappa shape index (κ2) is 8.07. The van der Waals surface area contributed by atoms with Gasteiger partial charge in [-0.3, -0.25) is 14.4 Å². The van der Waals surface area contributed by atoms with Gasteiger partial charge in [0.25, 0.3) is 0 Å². The summed E-state index contributed by atoms with van der Waals surface area (Å²) in [4.78, 5) is 41.0. The Bertz CT molecular complexity index is 939. The minimum atomic E-state index is -0.220. The molecule has 0 saturated carbocycles. The zero-order valence-electron chi connectivity index (χ0n) is 16.6. The average molecular weight is 391 g/mol. The second-order valence-electron chi connectivity index (χ2n) is 7.70. The zero-order valence-corrected chi connectivity index (χ0v) is 16.6. The van der Waals surface area contributed by atoms with Crippen LogP contribution in [-0.2, 0) is 14.4 Å². The van der Waals surface area contributed by atoms with Crippen LogP contribution in [0.25, 0.3) is 0 Å². The van der Waals surface area contributed by atoms with Crippen molar-refractivity contribution in [2.75, 3.05) is 23.3 Å². The molecule has 2 aliphatic heterocycles. The van der Waals surface area contributed by atoms with Gasteiger partial charge in [0.2, 0.25) is 17.7 Å². The summed E-state index contributed by atoms with van der Waals surface area (Å²) < 4.78 is 0. The lowest BCUT2D eigenvalue weighted by Crippen LogP contribution is -2.42. The molecule has 4 rings (SSSR count). The molecule has 0 aliphatic carbocycles. The summed E-state index contributed by atoms with van der Waals surface area (Å²) in [5.41, 5.74) is 3.65. The third-order valence-electron chi connectivity index (χ3n) is 5.66. The van der Waals surface area contributed by atoms with E-state index in [4.69, 9.17) is 0 Å². The van der Waals surface area contributed by atoms with E-state index in [0.29, 0.717) is 11.4 Å². The summed E-state index contributed by atoms with van der Waals surface area (Å²) in [6.45, 7) is 2.76. The molecule has 6 nitrogen and oxygen atoms in total. The van der Waals surface area contributed by atoms with Crippen LogP contribution < -0.4 is 10.2 Å². The van der Waals surface area contributed by atoms with E-state index >= 15 is 0 Å². The Morgan fingerprint density at radius 2 is 1.76 bits per heavy atom. The van der Waals surface area contributed by atoms with Gasteiger partial charge in [-0.15, -0.1) is 0 Å². The molecule has 1 saturated heterocycles. The molecule has 3 amide bonds. The Labute approximate surface area is 170 Å². The molecular formula is C23H25N3O3. The van der Waals surface area contributed by atoms with Gasteiger partial charge in [-0.1, -0.05) is 42.0 Å². The number of carbonyl (C=O) groups excluding carboxylic acids is 3. The van der Waals surface area contributed by atoms with Crippen molar-refractivity contribution in [1.82, 2.24) is 4.90 Å². The van der Waals surface area contributed by atoms with Crippen molar-refractivity contribution < 1.29 is 14.4 Å². The van der Waals surface area contributed by atoms with E-state index in [1.807, 2.05) is 30.0 Å². The molecule has 1 N–H and O–H groups in total. The van der Waals surface area contributed by atoms with Gasteiger partial charge < -0.3 is 15.1 Å². The Morgan fingerprint density at radius 3 is 2.55 bits per heavy atom. The summed E-state index contributed by atoms with van der Waals surface area (Å²) in [6.07, 6.45) is 2.17. The van der Waals surface area contributed by atoms with Crippen LogP contribution in [0.15, 0.2) is 48.5 Å². The Morgan fingerprint density at radius 1 is 1.03 bits per heavy atom. The van der Waals surface area contributed by atoms with Crippen LogP contribution in [0.3, 0.4) is 0 Å². The lowest BCUT2D eigenvalue weighted by molar-refractivity contribution is -0.134. The van der Waals surface area contributed by atoms with Crippen LogP contribution in [0.5, 0.6) is 0 Å². The summed E-state index contributed by atoms with van der Waals surface area (Å²) in [6, 6.07) is 15.6. The molecule has 0 aromatic heterocycles. The van der Waals surface area contributed by atoms with Crippen molar-refractivity contribution in [2.24, 2.45) is 0 Å². The first kappa shape index (κ1) is 19.2. The van der Waals surface area contributed by atoms with Crippen molar-refractivity contribution in [3.8, 4) is 0 Å². The number of hydrogen-bond donors (Lipinski definition) is 1. The minimum absolute atomic E-state index is 0.00355. The van der Waals surface area contributed by atoms with Crippen molar-refractivity contribution in [1.29, 1.82) is 0 Å². The van der Waals surface area contributed by atoms with Crippen LogP contribution in [0, 0.1) is 6.92 Å². The van der Waals surface area contributed by atoms with E-state index < -0.39 is 0 Å². The van der Waals surface area contributed by atoms with E-state index in [1.165, 1.54) is 10.5 Å². The Hall–Kier alpha value is -3.15. The third-order valence-corrected chi connectivity index (χ3v) is 5.66. The van der Waals surface area contributed by atoms with Gasteiger partial charge in [0.15, 0.2) is 0 Å². The maximum atomic E-state index is 12.9. The van der Waals surface area contributed by atoms with Crippen molar-refractivity contribution in [2.45, 2.75) is 38.6 Å². The highest BCUT2D eigenvalue weighted by Gasteiger charge is 2.31. The lowest BCUT2D eigenvalue weighted by Gasteiger charge is -2.29. The predicted molar refractivity (Wildman–Crippen MR) is 112 cm³/mol. The molecule has 2 heterocycles. The first-order chi connectivity index (χ1) is 14.0. The molecule has 1 fully saturated rings. The predicted octanol–water partition coefficient (Wildman–Crippen LogP) is 3.42. The molecule has 2 aromatic carbocycles. The highest BCUT2D eigenvalue weighted by Crippen LogP contribution is 2.33. The van der Waals surface area contributed by atoms with Crippen LogP contribution >= 0.6 is 0 Å². The van der Waals surface area contributed by atoms with E-state index in [9.17, 15) is 14.4 Å².